The lowest BCUT2D eigenvalue weighted by molar-refractivity contribution is -0.0159. The van der Waals surface area contributed by atoms with E-state index in [0.717, 1.165) is 12.8 Å². The van der Waals surface area contributed by atoms with E-state index in [0.29, 0.717) is 24.3 Å². The van der Waals surface area contributed by atoms with Gasteiger partial charge >= 0.3 is 5.97 Å². The highest BCUT2D eigenvalue weighted by molar-refractivity contribution is 5.96. The highest BCUT2D eigenvalue weighted by Gasteiger charge is 2.19. The number of carbonyl (C=O) groups is 2. The van der Waals surface area contributed by atoms with Crippen molar-refractivity contribution in [2.24, 2.45) is 0 Å². The average molecular weight is 248 g/mol. The van der Waals surface area contributed by atoms with Gasteiger partial charge in [0.25, 0.3) is 0 Å². The maximum absolute atomic E-state index is 11.8. The Morgan fingerprint density at radius 1 is 1.11 bits per heavy atom. The van der Waals surface area contributed by atoms with Gasteiger partial charge in [0.15, 0.2) is 5.78 Å². The van der Waals surface area contributed by atoms with Crippen molar-refractivity contribution in [2.45, 2.75) is 25.9 Å². The fraction of sp³-hybridized carbons (Fsp3) is 0.429. The third-order valence-electron chi connectivity index (χ3n) is 2.97. The van der Waals surface area contributed by atoms with Gasteiger partial charge in [-0.1, -0.05) is 12.1 Å². The molecular formula is C14H16O4. The molecule has 0 N–H and O–H groups in total. The van der Waals surface area contributed by atoms with Crippen molar-refractivity contribution in [2.75, 3.05) is 13.2 Å². The molecule has 4 nitrogen and oxygen atoms in total. The summed E-state index contributed by atoms with van der Waals surface area (Å²) in [6, 6.07) is 6.53. The minimum absolute atomic E-state index is 0.0145. The van der Waals surface area contributed by atoms with Gasteiger partial charge in [-0.2, -0.15) is 0 Å². The third-order valence-corrected chi connectivity index (χ3v) is 2.97. The first kappa shape index (κ1) is 12.8. The normalized spacial score (nSPS) is 16.3. The SMILES string of the molecule is CC(=O)c1ccc(C(=O)OC2CCOCC2)cc1. The monoisotopic (exact) mass is 248 g/mol. The summed E-state index contributed by atoms with van der Waals surface area (Å²) in [5.41, 5.74) is 1.07. The molecule has 0 spiro atoms. The Balaban J connectivity index is 1.97. The van der Waals surface area contributed by atoms with Crippen LogP contribution >= 0.6 is 0 Å². The molecule has 1 aliphatic rings. The minimum atomic E-state index is -0.336. The highest BCUT2D eigenvalue weighted by Crippen LogP contribution is 2.14. The van der Waals surface area contributed by atoms with Gasteiger partial charge < -0.3 is 9.47 Å². The van der Waals surface area contributed by atoms with Crippen LogP contribution in [0.4, 0.5) is 0 Å². The Labute approximate surface area is 106 Å². The van der Waals surface area contributed by atoms with Gasteiger partial charge in [0.1, 0.15) is 6.10 Å². The van der Waals surface area contributed by atoms with E-state index in [1.54, 1.807) is 24.3 Å². The number of esters is 1. The molecule has 0 saturated carbocycles. The lowest BCUT2D eigenvalue weighted by Crippen LogP contribution is -2.26. The molecule has 0 amide bonds. The van der Waals surface area contributed by atoms with Crippen molar-refractivity contribution < 1.29 is 19.1 Å². The van der Waals surface area contributed by atoms with E-state index in [-0.39, 0.29) is 17.9 Å². The Hall–Kier alpha value is -1.68. The summed E-state index contributed by atoms with van der Waals surface area (Å²) < 4.78 is 10.6. The molecule has 0 aromatic heterocycles. The molecule has 96 valence electrons. The molecule has 1 aliphatic heterocycles. The van der Waals surface area contributed by atoms with Crippen molar-refractivity contribution in [3.8, 4) is 0 Å². The molecular weight excluding hydrogens is 232 g/mol. The quantitative estimate of drug-likeness (QED) is 0.608. The number of carbonyl (C=O) groups excluding carboxylic acids is 2. The van der Waals surface area contributed by atoms with Crippen LogP contribution in [0.25, 0.3) is 0 Å². The molecule has 1 aromatic rings. The third kappa shape index (κ3) is 3.17. The van der Waals surface area contributed by atoms with Gasteiger partial charge in [-0.25, -0.2) is 4.79 Å². The Bertz CT molecular complexity index is 430. The number of ether oxygens (including phenoxy) is 2. The van der Waals surface area contributed by atoms with Crippen LogP contribution in [0.3, 0.4) is 0 Å². The fourth-order valence-corrected chi connectivity index (χ4v) is 1.85. The number of benzene rings is 1. The smallest absolute Gasteiger partial charge is 0.338 e. The van der Waals surface area contributed by atoms with Gasteiger partial charge in [-0.3, -0.25) is 4.79 Å². The maximum atomic E-state index is 11.8. The van der Waals surface area contributed by atoms with E-state index in [9.17, 15) is 9.59 Å². The minimum Gasteiger partial charge on any atom is -0.459 e. The zero-order valence-corrected chi connectivity index (χ0v) is 10.3. The number of Topliss-reactive ketones (excluding diaryl/α,β-unsaturated/α-hetero) is 1. The van der Waals surface area contributed by atoms with Gasteiger partial charge in [0.2, 0.25) is 0 Å². The summed E-state index contributed by atoms with van der Waals surface area (Å²) in [7, 11) is 0. The molecule has 1 fully saturated rings. The van der Waals surface area contributed by atoms with E-state index < -0.39 is 0 Å². The first-order chi connectivity index (χ1) is 8.66. The molecule has 0 aliphatic carbocycles. The van der Waals surface area contributed by atoms with Crippen LogP contribution in [0.2, 0.25) is 0 Å². The molecule has 18 heavy (non-hydrogen) atoms. The van der Waals surface area contributed by atoms with Crippen molar-refractivity contribution in [3.05, 3.63) is 35.4 Å². The van der Waals surface area contributed by atoms with Crippen molar-refractivity contribution in [1.82, 2.24) is 0 Å². The largest absolute Gasteiger partial charge is 0.459 e. The number of hydrogen-bond acceptors (Lipinski definition) is 4. The second kappa shape index (κ2) is 5.78. The summed E-state index contributed by atoms with van der Waals surface area (Å²) in [6.07, 6.45) is 1.44. The molecule has 4 heteroatoms. The number of hydrogen-bond donors (Lipinski definition) is 0. The molecule has 0 unspecified atom stereocenters. The van der Waals surface area contributed by atoms with Crippen LogP contribution < -0.4 is 0 Å². The lowest BCUT2D eigenvalue weighted by Gasteiger charge is -2.22. The zero-order chi connectivity index (χ0) is 13.0. The van der Waals surface area contributed by atoms with E-state index in [1.165, 1.54) is 6.92 Å². The van der Waals surface area contributed by atoms with Gasteiger partial charge in [-0.15, -0.1) is 0 Å². The molecule has 0 bridgehead atoms. The molecule has 1 heterocycles. The van der Waals surface area contributed by atoms with Crippen LogP contribution in [-0.2, 0) is 9.47 Å². The summed E-state index contributed by atoms with van der Waals surface area (Å²) >= 11 is 0. The summed E-state index contributed by atoms with van der Waals surface area (Å²) in [5, 5.41) is 0. The summed E-state index contributed by atoms with van der Waals surface area (Å²) in [5.74, 6) is -0.351. The number of ketones is 1. The average Bonchev–Trinajstić information content (AvgIpc) is 2.40. The van der Waals surface area contributed by atoms with Gasteiger partial charge in [-0.05, 0) is 19.1 Å². The lowest BCUT2D eigenvalue weighted by atomic mass is 10.1. The molecule has 1 saturated heterocycles. The van der Waals surface area contributed by atoms with Crippen LogP contribution in [0.1, 0.15) is 40.5 Å². The Morgan fingerprint density at radius 2 is 1.67 bits per heavy atom. The van der Waals surface area contributed by atoms with Crippen LogP contribution in [0, 0.1) is 0 Å². The zero-order valence-electron chi connectivity index (χ0n) is 10.3. The van der Waals surface area contributed by atoms with Crippen LogP contribution in [-0.4, -0.2) is 31.1 Å². The topological polar surface area (TPSA) is 52.6 Å². The predicted octanol–water partition coefficient (Wildman–Crippen LogP) is 2.23. The fourth-order valence-electron chi connectivity index (χ4n) is 1.85. The van der Waals surface area contributed by atoms with E-state index >= 15 is 0 Å². The van der Waals surface area contributed by atoms with Crippen LogP contribution in [0.15, 0.2) is 24.3 Å². The summed E-state index contributed by atoms with van der Waals surface area (Å²) in [4.78, 5) is 23.0. The van der Waals surface area contributed by atoms with Crippen LogP contribution in [0.5, 0.6) is 0 Å². The summed E-state index contributed by atoms with van der Waals surface area (Å²) in [6.45, 7) is 2.78. The van der Waals surface area contributed by atoms with Crippen molar-refractivity contribution in [3.63, 3.8) is 0 Å². The standard InChI is InChI=1S/C14H16O4/c1-10(15)11-2-4-12(5-3-11)14(16)18-13-6-8-17-9-7-13/h2-5,13H,6-9H2,1H3. The van der Waals surface area contributed by atoms with E-state index in [2.05, 4.69) is 0 Å². The van der Waals surface area contributed by atoms with Crippen molar-refractivity contribution >= 4 is 11.8 Å². The molecule has 2 rings (SSSR count). The second-order valence-corrected chi connectivity index (χ2v) is 4.35. The Morgan fingerprint density at radius 3 is 2.22 bits per heavy atom. The van der Waals surface area contributed by atoms with Gasteiger partial charge in [0.05, 0.1) is 18.8 Å². The Kier molecular flexibility index (Phi) is 4.10. The highest BCUT2D eigenvalue weighted by atomic mass is 16.6. The first-order valence-electron chi connectivity index (χ1n) is 6.06. The maximum Gasteiger partial charge on any atom is 0.338 e. The number of rotatable bonds is 3. The van der Waals surface area contributed by atoms with E-state index in [4.69, 9.17) is 9.47 Å². The first-order valence-corrected chi connectivity index (χ1v) is 6.06. The molecule has 0 atom stereocenters. The second-order valence-electron chi connectivity index (χ2n) is 4.35. The van der Waals surface area contributed by atoms with E-state index in [1.807, 2.05) is 0 Å². The molecule has 0 radical (unpaired) electrons. The van der Waals surface area contributed by atoms with Crippen molar-refractivity contribution in [1.29, 1.82) is 0 Å². The molecule has 1 aromatic carbocycles. The van der Waals surface area contributed by atoms with Gasteiger partial charge in [0, 0.05) is 18.4 Å². The predicted molar refractivity (Wildman–Crippen MR) is 65.7 cm³/mol.